The molecule has 0 amide bonds. The molecule has 0 saturated heterocycles. The van der Waals surface area contributed by atoms with Crippen LogP contribution in [0.2, 0.25) is 0 Å². The average Bonchev–Trinajstić information content (AvgIpc) is 2.59. The molecule has 0 aromatic heterocycles. The number of hydrogen-bond acceptors (Lipinski definition) is 1. The molecule has 0 radical (unpaired) electrons. The van der Waals surface area contributed by atoms with Crippen LogP contribution >= 0.6 is 0 Å². The zero-order valence-electron chi connectivity index (χ0n) is 15.1. The summed E-state index contributed by atoms with van der Waals surface area (Å²) < 4.78 is 149. The van der Waals surface area contributed by atoms with E-state index in [1.165, 1.54) is 24.3 Å². The van der Waals surface area contributed by atoms with Gasteiger partial charge in [-0.25, -0.2) is 0 Å². The Labute approximate surface area is 158 Å². The van der Waals surface area contributed by atoms with Gasteiger partial charge in [-0.05, 0) is 17.5 Å². The molecule has 0 spiro atoms. The number of alkyl halides is 11. The van der Waals surface area contributed by atoms with Crippen molar-refractivity contribution >= 4 is 0 Å². The first-order valence-electron chi connectivity index (χ1n) is 8.16. The summed E-state index contributed by atoms with van der Waals surface area (Å²) in [6.07, 6.45) is -10.6. The van der Waals surface area contributed by atoms with Crippen molar-refractivity contribution in [2.45, 2.75) is 62.2 Å². The summed E-state index contributed by atoms with van der Waals surface area (Å²) in [7, 11) is 0.782. The molecule has 0 N–H and O–H groups in total. The number of ether oxygens (including phenoxy) is 1. The Morgan fingerprint density at radius 2 is 1.31 bits per heavy atom. The quantitative estimate of drug-likeness (QED) is 0.378. The third kappa shape index (κ3) is 4.46. The third-order valence-electron chi connectivity index (χ3n) is 4.25. The Bertz CT molecular complexity index is 682. The van der Waals surface area contributed by atoms with Crippen LogP contribution in [0.5, 0.6) is 0 Å². The van der Waals surface area contributed by atoms with Crippen LogP contribution in [0.3, 0.4) is 0 Å². The molecule has 0 aliphatic rings. The molecular weight excluding hydrogens is 429 g/mol. The van der Waals surface area contributed by atoms with Crippen LogP contribution in [-0.2, 0) is 11.2 Å². The molecule has 0 saturated carbocycles. The van der Waals surface area contributed by atoms with E-state index in [1.807, 2.05) is 0 Å². The zero-order chi connectivity index (χ0) is 22.9. The highest BCUT2D eigenvalue weighted by molar-refractivity contribution is 5.30. The topological polar surface area (TPSA) is 9.23 Å². The van der Waals surface area contributed by atoms with Crippen LogP contribution in [0.15, 0.2) is 24.3 Å². The number of hydrogen-bond donors (Lipinski definition) is 0. The fraction of sp³-hybridized carbons (Fsp3) is 0.647. The first-order chi connectivity index (χ1) is 13.0. The minimum atomic E-state index is -7.41. The highest BCUT2D eigenvalue weighted by Gasteiger charge is 2.87. The predicted molar refractivity (Wildman–Crippen MR) is 80.6 cm³/mol. The van der Waals surface area contributed by atoms with Crippen molar-refractivity contribution in [3.63, 3.8) is 0 Å². The molecule has 168 valence electrons. The van der Waals surface area contributed by atoms with E-state index in [0.717, 1.165) is 7.11 Å². The van der Waals surface area contributed by atoms with Crippen molar-refractivity contribution < 1.29 is 53.0 Å². The molecule has 1 atom stereocenters. The normalized spacial score (nSPS) is 15.5. The van der Waals surface area contributed by atoms with Gasteiger partial charge in [0.2, 0.25) is 0 Å². The largest absolute Gasteiger partial charge is 0.460 e. The molecule has 0 fully saturated rings. The van der Waals surface area contributed by atoms with E-state index in [2.05, 4.69) is 4.74 Å². The molecule has 1 nitrogen and oxygen atoms in total. The molecule has 1 unspecified atom stereocenters. The lowest BCUT2D eigenvalue weighted by molar-refractivity contribution is -0.423. The van der Waals surface area contributed by atoms with Crippen LogP contribution in [0, 0.1) is 0 Å². The van der Waals surface area contributed by atoms with Crippen molar-refractivity contribution in [2.24, 2.45) is 0 Å². The predicted octanol–water partition coefficient (Wildman–Crippen LogP) is 6.82. The monoisotopic (exact) mass is 446 g/mol. The van der Waals surface area contributed by atoms with Crippen LogP contribution in [-0.4, -0.2) is 37.0 Å². The number of aryl methyl sites for hydroxylation is 1. The summed E-state index contributed by atoms with van der Waals surface area (Å²) in [6.45, 7) is 1.70. The van der Waals surface area contributed by atoms with E-state index in [9.17, 15) is 48.3 Å². The van der Waals surface area contributed by atoms with E-state index >= 15 is 0 Å². The van der Waals surface area contributed by atoms with Crippen molar-refractivity contribution in [2.75, 3.05) is 7.11 Å². The molecule has 0 heterocycles. The Balaban J connectivity index is 3.35. The zero-order valence-corrected chi connectivity index (χ0v) is 15.1. The second kappa shape index (κ2) is 8.27. The van der Waals surface area contributed by atoms with Gasteiger partial charge in [-0.3, -0.25) is 0 Å². The number of methoxy groups -OCH3 is 1. The van der Waals surface area contributed by atoms with Crippen molar-refractivity contribution in [1.82, 2.24) is 0 Å². The van der Waals surface area contributed by atoms with Gasteiger partial charge in [0, 0.05) is 13.5 Å². The van der Waals surface area contributed by atoms with Crippen LogP contribution in [0.1, 0.15) is 37.0 Å². The number of halogens is 11. The van der Waals surface area contributed by atoms with Gasteiger partial charge in [0.25, 0.3) is 0 Å². The first-order valence-corrected chi connectivity index (χ1v) is 8.16. The molecule has 0 aliphatic heterocycles. The maximum Gasteiger partial charge on any atom is 0.460 e. The summed E-state index contributed by atoms with van der Waals surface area (Å²) in [6, 6.07) is 5.39. The molecule has 0 aliphatic carbocycles. The molecule has 12 heteroatoms. The molecule has 1 aromatic rings. The summed E-state index contributed by atoms with van der Waals surface area (Å²) in [4.78, 5) is 0. The highest BCUT2D eigenvalue weighted by atomic mass is 19.4. The minimum Gasteiger partial charge on any atom is -0.377 e. The summed E-state index contributed by atoms with van der Waals surface area (Å²) >= 11 is 0. The second-order valence-electron chi connectivity index (χ2n) is 6.30. The average molecular weight is 446 g/mol. The van der Waals surface area contributed by atoms with Gasteiger partial charge in [-0.1, -0.05) is 37.6 Å². The maximum atomic E-state index is 14.0. The Morgan fingerprint density at radius 1 is 0.793 bits per heavy atom. The summed E-state index contributed by atoms with van der Waals surface area (Å²) in [5.74, 6) is -27.8. The lowest BCUT2D eigenvalue weighted by Crippen LogP contribution is -2.66. The van der Waals surface area contributed by atoms with E-state index in [1.54, 1.807) is 6.92 Å². The number of rotatable bonds is 9. The van der Waals surface area contributed by atoms with E-state index < -0.39 is 42.4 Å². The van der Waals surface area contributed by atoms with Crippen molar-refractivity contribution in [1.29, 1.82) is 0 Å². The lowest BCUT2D eigenvalue weighted by atomic mass is 9.90. The molecule has 29 heavy (non-hydrogen) atoms. The third-order valence-corrected chi connectivity index (χ3v) is 4.25. The van der Waals surface area contributed by atoms with Gasteiger partial charge >= 0.3 is 29.9 Å². The van der Waals surface area contributed by atoms with Gasteiger partial charge in [-0.15, -0.1) is 0 Å². The standard InChI is InChI=1S/C17H17F11O/c1-3-6-10-7-4-5-8-11(10)12(29-2)9-13(18,19)14(20,21)15(22,23)16(24,25)17(26,27)28/h4-5,7-8,12H,3,6,9H2,1-2H3. The summed E-state index contributed by atoms with van der Waals surface area (Å²) in [5, 5.41) is 0. The lowest BCUT2D eigenvalue weighted by Gasteiger charge is -2.38. The Kier molecular flexibility index (Phi) is 7.26. The van der Waals surface area contributed by atoms with E-state index in [4.69, 9.17) is 0 Å². The van der Waals surface area contributed by atoms with E-state index in [-0.39, 0.29) is 12.0 Å². The molecule has 1 rings (SSSR count). The molecule has 0 bridgehead atoms. The number of benzene rings is 1. The van der Waals surface area contributed by atoms with E-state index in [0.29, 0.717) is 12.0 Å². The van der Waals surface area contributed by atoms with Crippen molar-refractivity contribution in [3.05, 3.63) is 35.4 Å². The van der Waals surface area contributed by atoms with Gasteiger partial charge < -0.3 is 4.74 Å². The summed E-state index contributed by atoms with van der Waals surface area (Å²) in [5.41, 5.74) is 0.242. The van der Waals surface area contributed by atoms with Crippen LogP contribution in [0.4, 0.5) is 48.3 Å². The van der Waals surface area contributed by atoms with Crippen LogP contribution < -0.4 is 0 Å². The van der Waals surface area contributed by atoms with Crippen LogP contribution in [0.25, 0.3) is 0 Å². The Morgan fingerprint density at radius 3 is 1.76 bits per heavy atom. The maximum absolute atomic E-state index is 14.0. The van der Waals surface area contributed by atoms with Gasteiger partial charge in [-0.2, -0.15) is 48.3 Å². The fourth-order valence-electron chi connectivity index (χ4n) is 2.63. The SMILES string of the molecule is CCCc1ccccc1C(CC(F)(F)C(F)(F)C(F)(F)C(F)(F)C(F)(F)F)OC. The highest BCUT2D eigenvalue weighted by Crippen LogP contribution is 2.58. The van der Waals surface area contributed by atoms with Gasteiger partial charge in [0.15, 0.2) is 0 Å². The minimum absolute atomic E-state index is 0.0989. The Hall–Kier alpha value is -1.59. The molecular formula is C17H17F11O. The van der Waals surface area contributed by atoms with Gasteiger partial charge in [0.05, 0.1) is 6.10 Å². The fourth-order valence-corrected chi connectivity index (χ4v) is 2.63. The van der Waals surface area contributed by atoms with Crippen molar-refractivity contribution in [3.8, 4) is 0 Å². The smallest absolute Gasteiger partial charge is 0.377 e. The van der Waals surface area contributed by atoms with Gasteiger partial charge in [0.1, 0.15) is 0 Å². The first kappa shape index (κ1) is 25.4. The molecule has 1 aromatic carbocycles. The second-order valence-corrected chi connectivity index (χ2v) is 6.30.